The molecule has 12 heavy (non-hydrogen) atoms. The van der Waals surface area contributed by atoms with Gasteiger partial charge in [-0.3, -0.25) is 0 Å². The summed E-state index contributed by atoms with van der Waals surface area (Å²) in [5.41, 5.74) is 0. The monoisotopic (exact) mass is 168 g/mol. The molecule has 0 saturated heterocycles. The fourth-order valence-electron chi connectivity index (χ4n) is 0.899. The fraction of sp³-hybridized carbons (Fsp3) is 0.444. The van der Waals surface area contributed by atoms with Crippen molar-refractivity contribution in [2.45, 2.75) is 19.8 Å². The Morgan fingerprint density at radius 3 is 3.08 bits per heavy atom. The van der Waals surface area contributed by atoms with Crippen LogP contribution in [0.1, 0.15) is 19.8 Å². The lowest BCUT2D eigenvalue weighted by Crippen LogP contribution is -2.04. The van der Waals surface area contributed by atoms with Crippen LogP contribution in [0.5, 0.6) is 0 Å². The average molecular weight is 168 g/mol. The molecule has 0 unspecified atom stereocenters. The van der Waals surface area contributed by atoms with Gasteiger partial charge in [0.05, 0.1) is 0 Å². The molecule has 0 atom stereocenters. The van der Waals surface area contributed by atoms with Crippen LogP contribution in [0.2, 0.25) is 0 Å². The van der Waals surface area contributed by atoms with Crippen molar-refractivity contribution in [1.29, 1.82) is 0 Å². The van der Waals surface area contributed by atoms with Crippen LogP contribution in [0.4, 0.5) is 10.2 Å². The normalized spacial score (nSPS) is 9.83. The summed E-state index contributed by atoms with van der Waals surface area (Å²) >= 11 is 0. The first kappa shape index (κ1) is 8.97. The molecule has 3 heteroatoms. The first-order valence-corrected chi connectivity index (χ1v) is 4.19. The number of nitrogens with zero attached hydrogens (tertiary/aromatic N) is 1. The summed E-state index contributed by atoms with van der Waals surface area (Å²) in [6, 6.07) is 2.99. The number of hydrogen-bond donors (Lipinski definition) is 1. The standard InChI is InChI=1S/C9H13FN2/c1-2-3-6-11-9-8(10)5-4-7-12-9/h4-5,7H,2-3,6H2,1H3,(H,11,12). The van der Waals surface area contributed by atoms with E-state index in [1.165, 1.54) is 6.07 Å². The minimum atomic E-state index is -0.284. The average Bonchev–Trinajstić information content (AvgIpc) is 2.09. The lowest BCUT2D eigenvalue weighted by atomic mass is 10.3. The molecule has 0 amide bonds. The summed E-state index contributed by atoms with van der Waals surface area (Å²) < 4.78 is 12.9. The first-order chi connectivity index (χ1) is 5.84. The fourth-order valence-corrected chi connectivity index (χ4v) is 0.899. The predicted octanol–water partition coefficient (Wildman–Crippen LogP) is 2.43. The van der Waals surface area contributed by atoms with E-state index in [0.29, 0.717) is 5.82 Å². The highest BCUT2D eigenvalue weighted by molar-refractivity contribution is 5.34. The van der Waals surface area contributed by atoms with Gasteiger partial charge >= 0.3 is 0 Å². The first-order valence-electron chi connectivity index (χ1n) is 4.19. The van der Waals surface area contributed by atoms with Crippen molar-refractivity contribution in [3.63, 3.8) is 0 Å². The Kier molecular flexibility index (Phi) is 3.51. The van der Waals surface area contributed by atoms with E-state index in [4.69, 9.17) is 0 Å². The van der Waals surface area contributed by atoms with E-state index < -0.39 is 0 Å². The number of halogens is 1. The Balaban J connectivity index is 2.46. The van der Waals surface area contributed by atoms with Crippen molar-refractivity contribution in [1.82, 2.24) is 4.98 Å². The van der Waals surface area contributed by atoms with Gasteiger partial charge in [-0.05, 0) is 18.6 Å². The number of unbranched alkanes of at least 4 members (excludes halogenated alkanes) is 1. The Morgan fingerprint density at radius 2 is 2.42 bits per heavy atom. The van der Waals surface area contributed by atoms with Gasteiger partial charge in [-0.25, -0.2) is 9.37 Å². The number of aromatic nitrogens is 1. The van der Waals surface area contributed by atoms with E-state index in [1.54, 1.807) is 12.3 Å². The second-order valence-corrected chi connectivity index (χ2v) is 2.61. The highest BCUT2D eigenvalue weighted by atomic mass is 19.1. The molecule has 0 aliphatic rings. The number of anilines is 1. The van der Waals surface area contributed by atoms with Crippen molar-refractivity contribution in [3.8, 4) is 0 Å². The van der Waals surface area contributed by atoms with Crippen LogP contribution in [-0.2, 0) is 0 Å². The summed E-state index contributed by atoms with van der Waals surface area (Å²) in [7, 11) is 0. The van der Waals surface area contributed by atoms with Gasteiger partial charge in [-0.1, -0.05) is 13.3 Å². The topological polar surface area (TPSA) is 24.9 Å². The Bertz CT molecular complexity index is 238. The van der Waals surface area contributed by atoms with Gasteiger partial charge in [0, 0.05) is 12.7 Å². The van der Waals surface area contributed by atoms with Gasteiger partial charge in [0.2, 0.25) is 0 Å². The minimum Gasteiger partial charge on any atom is -0.368 e. The number of pyridine rings is 1. The molecule has 1 heterocycles. The van der Waals surface area contributed by atoms with Crippen LogP contribution in [-0.4, -0.2) is 11.5 Å². The van der Waals surface area contributed by atoms with Crippen LogP contribution in [0.15, 0.2) is 18.3 Å². The minimum absolute atomic E-state index is 0.284. The molecule has 66 valence electrons. The summed E-state index contributed by atoms with van der Waals surface area (Å²) in [6.45, 7) is 2.88. The summed E-state index contributed by atoms with van der Waals surface area (Å²) in [5.74, 6) is 0.0690. The maximum Gasteiger partial charge on any atom is 0.165 e. The van der Waals surface area contributed by atoms with Crippen molar-refractivity contribution in [2.75, 3.05) is 11.9 Å². The molecule has 0 aromatic carbocycles. The van der Waals surface area contributed by atoms with Gasteiger partial charge in [0.1, 0.15) is 0 Å². The zero-order valence-corrected chi connectivity index (χ0v) is 7.18. The quantitative estimate of drug-likeness (QED) is 0.698. The van der Waals surface area contributed by atoms with E-state index >= 15 is 0 Å². The number of nitrogens with one attached hydrogen (secondary N) is 1. The molecule has 0 bridgehead atoms. The summed E-state index contributed by atoms with van der Waals surface area (Å²) in [6.07, 6.45) is 3.72. The highest BCUT2D eigenvalue weighted by Crippen LogP contribution is 2.07. The van der Waals surface area contributed by atoms with Gasteiger partial charge in [0.25, 0.3) is 0 Å². The van der Waals surface area contributed by atoms with Crippen molar-refractivity contribution < 1.29 is 4.39 Å². The van der Waals surface area contributed by atoms with E-state index in [1.807, 2.05) is 0 Å². The van der Waals surface area contributed by atoms with Crippen molar-refractivity contribution in [2.24, 2.45) is 0 Å². The molecule has 2 nitrogen and oxygen atoms in total. The van der Waals surface area contributed by atoms with E-state index in [0.717, 1.165) is 19.4 Å². The largest absolute Gasteiger partial charge is 0.368 e. The molecule has 0 aliphatic heterocycles. The molecular weight excluding hydrogens is 155 g/mol. The zero-order chi connectivity index (χ0) is 8.81. The molecule has 1 aromatic heterocycles. The third-order valence-corrected chi connectivity index (χ3v) is 1.58. The van der Waals surface area contributed by atoms with Crippen LogP contribution in [0.25, 0.3) is 0 Å². The lowest BCUT2D eigenvalue weighted by Gasteiger charge is -2.03. The molecule has 0 spiro atoms. The van der Waals surface area contributed by atoms with Crippen molar-refractivity contribution in [3.05, 3.63) is 24.1 Å². The molecule has 0 aliphatic carbocycles. The molecule has 0 saturated carbocycles. The third kappa shape index (κ3) is 2.49. The zero-order valence-electron chi connectivity index (χ0n) is 7.18. The van der Waals surface area contributed by atoms with E-state index in [9.17, 15) is 4.39 Å². The van der Waals surface area contributed by atoms with Crippen molar-refractivity contribution >= 4 is 5.82 Å². The van der Waals surface area contributed by atoms with Crippen LogP contribution < -0.4 is 5.32 Å². The number of rotatable bonds is 4. The van der Waals surface area contributed by atoms with E-state index in [-0.39, 0.29) is 5.82 Å². The van der Waals surface area contributed by atoms with E-state index in [2.05, 4.69) is 17.2 Å². The number of hydrogen-bond acceptors (Lipinski definition) is 2. The Morgan fingerprint density at radius 1 is 1.58 bits per heavy atom. The van der Waals surface area contributed by atoms with Crippen LogP contribution >= 0.6 is 0 Å². The van der Waals surface area contributed by atoms with Gasteiger partial charge in [-0.2, -0.15) is 0 Å². The Labute approximate surface area is 71.8 Å². The predicted molar refractivity (Wildman–Crippen MR) is 47.6 cm³/mol. The van der Waals surface area contributed by atoms with Crippen LogP contribution in [0, 0.1) is 5.82 Å². The molecule has 1 aromatic rings. The second kappa shape index (κ2) is 4.70. The lowest BCUT2D eigenvalue weighted by molar-refractivity contribution is 0.623. The maximum atomic E-state index is 12.9. The molecule has 0 fully saturated rings. The highest BCUT2D eigenvalue weighted by Gasteiger charge is 1.98. The van der Waals surface area contributed by atoms with Gasteiger partial charge < -0.3 is 5.32 Å². The van der Waals surface area contributed by atoms with Crippen LogP contribution in [0.3, 0.4) is 0 Å². The third-order valence-electron chi connectivity index (χ3n) is 1.58. The Hall–Kier alpha value is -1.12. The smallest absolute Gasteiger partial charge is 0.165 e. The molecule has 1 rings (SSSR count). The van der Waals surface area contributed by atoms with Gasteiger partial charge in [0.15, 0.2) is 11.6 Å². The molecule has 1 N–H and O–H groups in total. The van der Waals surface area contributed by atoms with Gasteiger partial charge in [-0.15, -0.1) is 0 Å². The molecule has 0 radical (unpaired) electrons. The summed E-state index contributed by atoms with van der Waals surface area (Å²) in [5, 5.41) is 2.93. The molecular formula is C9H13FN2. The summed E-state index contributed by atoms with van der Waals surface area (Å²) in [4.78, 5) is 3.86. The second-order valence-electron chi connectivity index (χ2n) is 2.61. The maximum absolute atomic E-state index is 12.9. The SMILES string of the molecule is CCCCNc1ncccc1F.